The van der Waals surface area contributed by atoms with Gasteiger partial charge in [-0.05, 0) is 62.3 Å². The van der Waals surface area contributed by atoms with Crippen molar-refractivity contribution >= 4 is 45.3 Å². The SMILES string of the molecule is C=CCCC(=O)NC[C@@H](OC(=O)[C@H]1[C@@H]2O[C@@]3(CC2Br)[C@@H]1C(=O)N(CCCCCCO)[C@@H]3C(=O)N(CC=C)c1cc(C)ccc1C)c1ccccc1. The molecule has 3 fully saturated rings. The molecule has 11 heteroatoms. The van der Waals surface area contributed by atoms with Crippen LogP contribution in [0, 0.1) is 25.7 Å². The number of esters is 1. The van der Waals surface area contributed by atoms with Gasteiger partial charge in [-0.2, -0.15) is 0 Å². The van der Waals surface area contributed by atoms with E-state index in [4.69, 9.17) is 9.47 Å². The maximum Gasteiger partial charge on any atom is 0.313 e. The van der Waals surface area contributed by atoms with E-state index in [0.717, 1.165) is 29.7 Å². The number of hydrogen-bond donors (Lipinski definition) is 2. The normalized spacial score (nSPS) is 25.3. The molecule has 3 saturated heterocycles. The van der Waals surface area contributed by atoms with Gasteiger partial charge in [0.05, 0.1) is 24.5 Å². The lowest BCUT2D eigenvalue weighted by Gasteiger charge is -2.37. The fourth-order valence-electron chi connectivity index (χ4n) is 7.90. The second kappa shape index (κ2) is 17.1. The number of carbonyl (C=O) groups excluding carboxylic acids is 4. The molecule has 3 amide bonds. The molecule has 7 atom stereocenters. The van der Waals surface area contributed by atoms with Gasteiger partial charge in [-0.15, -0.1) is 13.2 Å². The highest BCUT2D eigenvalue weighted by molar-refractivity contribution is 9.09. The number of halogens is 1. The number of aliphatic hydroxyl groups is 1. The average Bonchev–Trinajstić information content (AvgIpc) is 3.72. The first-order valence-corrected chi connectivity index (χ1v) is 18.8. The lowest BCUT2D eigenvalue weighted by atomic mass is 9.70. The Kier molecular flexibility index (Phi) is 12.9. The van der Waals surface area contributed by atoms with Crippen LogP contribution in [-0.2, 0) is 28.7 Å². The number of benzene rings is 2. The van der Waals surface area contributed by atoms with Crippen molar-refractivity contribution in [2.75, 3.05) is 31.1 Å². The van der Waals surface area contributed by atoms with Crippen molar-refractivity contribution in [2.45, 2.75) is 87.5 Å². The summed E-state index contributed by atoms with van der Waals surface area (Å²) >= 11 is 3.76. The zero-order valence-corrected chi connectivity index (χ0v) is 31.2. The highest BCUT2D eigenvalue weighted by Crippen LogP contribution is 2.60. The Morgan fingerprint density at radius 2 is 1.86 bits per heavy atom. The fraction of sp³-hybridized carbons (Fsp3) is 0.500. The molecule has 1 spiro atoms. The molecule has 0 saturated carbocycles. The van der Waals surface area contributed by atoms with Gasteiger partial charge >= 0.3 is 5.97 Å². The van der Waals surface area contributed by atoms with E-state index < -0.39 is 41.7 Å². The van der Waals surface area contributed by atoms with Crippen molar-refractivity contribution in [1.29, 1.82) is 0 Å². The third kappa shape index (κ3) is 8.00. The smallest absolute Gasteiger partial charge is 0.313 e. The van der Waals surface area contributed by atoms with E-state index in [-0.39, 0.29) is 48.7 Å². The number of amides is 3. The number of nitrogens with zero attached hydrogens (tertiary/aromatic N) is 2. The number of ether oxygens (including phenoxy) is 2. The van der Waals surface area contributed by atoms with Crippen LogP contribution in [0.5, 0.6) is 0 Å². The predicted molar refractivity (Wildman–Crippen MR) is 199 cm³/mol. The summed E-state index contributed by atoms with van der Waals surface area (Å²) in [5, 5.41) is 12.2. The second-order valence-electron chi connectivity index (χ2n) is 13.8. The largest absolute Gasteiger partial charge is 0.455 e. The Bertz CT molecular complexity index is 1600. The number of rotatable bonds is 18. The van der Waals surface area contributed by atoms with E-state index in [0.29, 0.717) is 37.8 Å². The molecule has 1 unspecified atom stereocenters. The Labute approximate surface area is 309 Å². The van der Waals surface area contributed by atoms with Crippen LogP contribution in [0.1, 0.15) is 67.7 Å². The Morgan fingerprint density at radius 3 is 2.57 bits per heavy atom. The number of unbranched alkanes of at least 4 members (excludes halogenated alkanes) is 3. The molecule has 0 aromatic heterocycles. The van der Waals surface area contributed by atoms with E-state index in [1.54, 1.807) is 22.0 Å². The van der Waals surface area contributed by atoms with Gasteiger partial charge in [0.25, 0.3) is 5.91 Å². The molecule has 2 N–H and O–H groups in total. The van der Waals surface area contributed by atoms with Gasteiger partial charge in [-0.25, -0.2) is 0 Å². The maximum absolute atomic E-state index is 15.0. The van der Waals surface area contributed by atoms with Gasteiger partial charge in [0.2, 0.25) is 11.8 Å². The van der Waals surface area contributed by atoms with Crippen LogP contribution in [0.4, 0.5) is 5.69 Å². The lowest BCUT2D eigenvalue weighted by molar-refractivity contribution is -0.160. The lowest BCUT2D eigenvalue weighted by Crippen LogP contribution is -2.57. The number of fused-ring (bicyclic) bond motifs is 1. The quantitative estimate of drug-likeness (QED) is 0.0891. The number of hydrogen-bond acceptors (Lipinski definition) is 7. The van der Waals surface area contributed by atoms with E-state index in [1.165, 1.54) is 0 Å². The monoisotopic (exact) mass is 763 g/mol. The first kappa shape index (κ1) is 38.4. The van der Waals surface area contributed by atoms with Crippen molar-refractivity contribution in [3.05, 3.63) is 90.5 Å². The molecule has 274 valence electrons. The van der Waals surface area contributed by atoms with E-state index in [9.17, 15) is 24.3 Å². The number of aryl methyl sites for hydroxylation is 2. The number of anilines is 1. The number of nitrogens with one attached hydrogen (secondary N) is 1. The predicted octanol–water partition coefficient (Wildman–Crippen LogP) is 5.49. The fourth-order valence-corrected chi connectivity index (χ4v) is 8.84. The zero-order chi connectivity index (χ0) is 36.7. The van der Waals surface area contributed by atoms with Gasteiger partial charge in [0, 0.05) is 36.6 Å². The third-order valence-corrected chi connectivity index (χ3v) is 11.2. The summed E-state index contributed by atoms with van der Waals surface area (Å²) < 4.78 is 13.0. The number of carbonyl (C=O) groups is 4. The Morgan fingerprint density at radius 1 is 1.12 bits per heavy atom. The van der Waals surface area contributed by atoms with Crippen molar-refractivity contribution < 1.29 is 33.8 Å². The molecular formula is C40H50BrN3O7. The minimum atomic E-state index is -1.26. The van der Waals surface area contributed by atoms with Gasteiger partial charge in [-0.1, -0.05) is 83.4 Å². The van der Waals surface area contributed by atoms with Crippen molar-refractivity contribution in [3.63, 3.8) is 0 Å². The van der Waals surface area contributed by atoms with E-state index in [2.05, 4.69) is 34.4 Å². The number of aliphatic hydroxyl groups excluding tert-OH is 1. The van der Waals surface area contributed by atoms with Crippen LogP contribution in [0.3, 0.4) is 0 Å². The average molecular weight is 765 g/mol. The highest BCUT2D eigenvalue weighted by atomic mass is 79.9. The second-order valence-corrected chi connectivity index (χ2v) is 15.0. The maximum atomic E-state index is 15.0. The summed E-state index contributed by atoms with van der Waals surface area (Å²) in [6.07, 6.45) is 5.83. The summed E-state index contributed by atoms with van der Waals surface area (Å²) in [4.78, 5) is 59.5. The molecule has 2 aromatic rings. The van der Waals surface area contributed by atoms with E-state index in [1.807, 2.05) is 62.4 Å². The van der Waals surface area contributed by atoms with Gasteiger partial charge in [0.15, 0.2) is 0 Å². The van der Waals surface area contributed by atoms with Crippen molar-refractivity contribution in [2.24, 2.45) is 11.8 Å². The summed E-state index contributed by atoms with van der Waals surface area (Å²) in [5.74, 6) is -3.28. The van der Waals surface area contributed by atoms with Gasteiger partial charge in [0.1, 0.15) is 17.7 Å². The Balaban J connectivity index is 1.49. The minimum Gasteiger partial charge on any atom is -0.455 e. The van der Waals surface area contributed by atoms with E-state index >= 15 is 0 Å². The first-order valence-electron chi connectivity index (χ1n) is 17.9. The molecule has 0 aliphatic carbocycles. The topological polar surface area (TPSA) is 125 Å². The Hall–Kier alpha value is -3.80. The third-order valence-electron chi connectivity index (χ3n) is 10.3. The van der Waals surface area contributed by atoms with Gasteiger partial charge in [-0.3, -0.25) is 19.2 Å². The van der Waals surface area contributed by atoms with Crippen molar-refractivity contribution in [1.82, 2.24) is 10.2 Å². The van der Waals surface area contributed by atoms with Crippen LogP contribution < -0.4 is 10.2 Å². The summed E-state index contributed by atoms with van der Waals surface area (Å²) in [6.45, 7) is 12.2. The molecule has 51 heavy (non-hydrogen) atoms. The molecule has 0 radical (unpaired) electrons. The van der Waals surface area contributed by atoms with Gasteiger partial charge < -0.3 is 29.7 Å². The standard InChI is InChI=1S/C40H50BrN3O7/c1-5-7-17-32(46)42-25-31(28-15-11-10-12-16-28)50-39(49)33-34-37(47)44(21-13-8-9-14-22-45)36(40(34)24-29(41)35(33)51-40)38(48)43(20-6-2)30-23-26(3)18-19-27(30)4/h5-6,10-12,15-16,18-19,23,29,31,33-36,45H,1-2,7-9,13-14,17,20-22,24-25H2,3-4H3,(H,42,46)/t29?,31-,33-,34+,35-,36-,40+/m1/s1. The van der Waals surface area contributed by atoms with Crippen molar-refractivity contribution in [3.8, 4) is 0 Å². The van der Waals surface area contributed by atoms with Crippen LogP contribution in [0.2, 0.25) is 0 Å². The molecule has 2 aromatic carbocycles. The molecule has 3 heterocycles. The minimum absolute atomic E-state index is 0.0545. The molecule has 5 rings (SSSR count). The molecule has 3 aliphatic heterocycles. The summed E-state index contributed by atoms with van der Waals surface area (Å²) in [7, 11) is 0. The number of allylic oxidation sites excluding steroid dienone is 1. The van der Waals surface area contributed by atoms with Crippen LogP contribution in [-0.4, -0.2) is 82.5 Å². The van der Waals surface area contributed by atoms with Crippen LogP contribution in [0.25, 0.3) is 0 Å². The molecule has 3 aliphatic rings. The molecular weight excluding hydrogens is 714 g/mol. The molecule has 10 nitrogen and oxygen atoms in total. The number of likely N-dealkylation sites (tertiary alicyclic amines) is 1. The van der Waals surface area contributed by atoms with Crippen LogP contribution >= 0.6 is 15.9 Å². The first-order chi connectivity index (χ1) is 24.6. The summed E-state index contributed by atoms with van der Waals surface area (Å²) in [6, 6.07) is 14.1. The van der Waals surface area contributed by atoms with Crippen LogP contribution in [0.15, 0.2) is 73.8 Å². The highest BCUT2D eigenvalue weighted by Gasteiger charge is 2.77. The summed E-state index contributed by atoms with van der Waals surface area (Å²) in [5.41, 5.74) is 2.07. The number of alkyl halides is 1. The zero-order valence-electron chi connectivity index (χ0n) is 29.6. The molecule has 2 bridgehead atoms.